The number of aromatic hydroxyl groups is 1. The third-order valence-corrected chi connectivity index (χ3v) is 2.73. The minimum Gasteiger partial charge on any atom is -0.507 e. The van der Waals surface area contributed by atoms with Crippen molar-refractivity contribution in [2.24, 2.45) is 5.10 Å². The largest absolute Gasteiger partial charge is 0.507 e. The van der Waals surface area contributed by atoms with Gasteiger partial charge in [0.2, 0.25) is 0 Å². The number of benzene rings is 2. The molecular formula is C14H11N3O5. The Kier molecular flexibility index (Phi) is 4.33. The first-order valence-corrected chi connectivity index (χ1v) is 6.07. The Morgan fingerprint density at radius 3 is 2.73 bits per heavy atom. The van der Waals surface area contributed by atoms with Crippen LogP contribution in [0, 0.1) is 10.1 Å². The maximum Gasteiger partial charge on any atom is 0.335 e. The van der Waals surface area contributed by atoms with E-state index in [0.29, 0.717) is 5.69 Å². The summed E-state index contributed by atoms with van der Waals surface area (Å²) in [6.07, 6.45) is 1.22. The number of non-ortho nitro benzene ring substituents is 1. The number of carboxylic acid groups (broad SMARTS) is 1. The second kappa shape index (κ2) is 6.35. The molecule has 0 heterocycles. The number of anilines is 1. The Morgan fingerprint density at radius 2 is 2.05 bits per heavy atom. The normalized spacial score (nSPS) is 10.5. The second-order valence-corrected chi connectivity index (χ2v) is 4.26. The van der Waals surface area contributed by atoms with Crippen LogP contribution in [0.25, 0.3) is 0 Å². The lowest BCUT2D eigenvalue weighted by atomic mass is 10.1. The summed E-state index contributed by atoms with van der Waals surface area (Å²) in [7, 11) is 0. The first-order valence-electron chi connectivity index (χ1n) is 6.07. The summed E-state index contributed by atoms with van der Waals surface area (Å²) >= 11 is 0. The Morgan fingerprint density at radius 1 is 1.27 bits per heavy atom. The van der Waals surface area contributed by atoms with E-state index in [1.807, 2.05) is 0 Å². The number of nitrogens with one attached hydrogen (secondary N) is 1. The fraction of sp³-hybridized carbons (Fsp3) is 0. The number of rotatable bonds is 5. The van der Waals surface area contributed by atoms with E-state index in [-0.39, 0.29) is 22.6 Å². The van der Waals surface area contributed by atoms with E-state index in [1.54, 1.807) is 6.07 Å². The van der Waals surface area contributed by atoms with Gasteiger partial charge in [-0.3, -0.25) is 15.5 Å². The number of hydrazone groups is 1. The van der Waals surface area contributed by atoms with Crippen molar-refractivity contribution in [1.82, 2.24) is 0 Å². The lowest BCUT2D eigenvalue weighted by Crippen LogP contribution is -1.98. The van der Waals surface area contributed by atoms with E-state index in [1.165, 1.54) is 42.6 Å². The zero-order valence-corrected chi connectivity index (χ0v) is 11.1. The third-order valence-electron chi connectivity index (χ3n) is 2.73. The Labute approximate surface area is 124 Å². The van der Waals surface area contributed by atoms with E-state index in [9.17, 15) is 20.0 Å². The highest BCUT2D eigenvalue weighted by Gasteiger charge is 2.07. The van der Waals surface area contributed by atoms with Crippen molar-refractivity contribution in [3.05, 3.63) is 63.7 Å². The van der Waals surface area contributed by atoms with Gasteiger partial charge in [-0.25, -0.2) is 4.79 Å². The van der Waals surface area contributed by atoms with Gasteiger partial charge < -0.3 is 10.2 Å². The van der Waals surface area contributed by atoms with Crippen molar-refractivity contribution in [2.45, 2.75) is 0 Å². The van der Waals surface area contributed by atoms with Crippen LogP contribution in [0.15, 0.2) is 47.6 Å². The van der Waals surface area contributed by atoms with Gasteiger partial charge in [-0.2, -0.15) is 5.10 Å². The van der Waals surface area contributed by atoms with E-state index in [4.69, 9.17) is 5.11 Å². The van der Waals surface area contributed by atoms with Crippen LogP contribution in [0.3, 0.4) is 0 Å². The lowest BCUT2D eigenvalue weighted by molar-refractivity contribution is -0.384. The number of nitrogens with zero attached hydrogens (tertiary/aromatic N) is 2. The van der Waals surface area contributed by atoms with Crippen molar-refractivity contribution < 1.29 is 19.9 Å². The Balaban J connectivity index is 2.16. The molecule has 0 saturated carbocycles. The highest BCUT2D eigenvalue weighted by atomic mass is 16.6. The predicted molar refractivity (Wildman–Crippen MR) is 79.4 cm³/mol. The molecule has 0 fully saturated rings. The molecule has 112 valence electrons. The first-order chi connectivity index (χ1) is 10.5. The molecule has 2 aromatic rings. The molecule has 8 heteroatoms. The van der Waals surface area contributed by atoms with E-state index in [2.05, 4.69) is 10.5 Å². The van der Waals surface area contributed by atoms with Crippen LogP contribution in [0.1, 0.15) is 15.9 Å². The van der Waals surface area contributed by atoms with Crippen LogP contribution in [-0.2, 0) is 0 Å². The molecule has 0 aliphatic rings. The zero-order chi connectivity index (χ0) is 16.1. The standard InChI is InChI=1S/C14H11N3O5/c18-13-5-4-9(14(19)20)6-10(13)8-15-16-11-2-1-3-12(7-11)17(21)22/h1-8,16,18H,(H,19,20). The fourth-order valence-corrected chi connectivity index (χ4v) is 1.66. The van der Waals surface area contributed by atoms with Gasteiger partial charge in [-0.1, -0.05) is 6.07 Å². The smallest absolute Gasteiger partial charge is 0.335 e. The van der Waals surface area contributed by atoms with Gasteiger partial charge in [0, 0.05) is 17.7 Å². The van der Waals surface area contributed by atoms with E-state index >= 15 is 0 Å². The lowest BCUT2D eigenvalue weighted by Gasteiger charge is -2.02. The van der Waals surface area contributed by atoms with Crippen LogP contribution in [0.5, 0.6) is 5.75 Å². The minimum atomic E-state index is -1.12. The molecule has 0 spiro atoms. The summed E-state index contributed by atoms with van der Waals surface area (Å²) in [5, 5.41) is 33.0. The van der Waals surface area contributed by atoms with Crippen LogP contribution in [0.2, 0.25) is 0 Å². The van der Waals surface area contributed by atoms with Gasteiger partial charge in [0.1, 0.15) is 5.75 Å². The fourth-order valence-electron chi connectivity index (χ4n) is 1.66. The van der Waals surface area contributed by atoms with Crippen LogP contribution >= 0.6 is 0 Å². The third kappa shape index (κ3) is 3.57. The van der Waals surface area contributed by atoms with Crippen molar-refractivity contribution >= 4 is 23.6 Å². The average Bonchev–Trinajstić information content (AvgIpc) is 2.49. The number of aromatic carboxylic acids is 1. The highest BCUT2D eigenvalue weighted by molar-refractivity contribution is 5.92. The van der Waals surface area contributed by atoms with Gasteiger partial charge >= 0.3 is 5.97 Å². The predicted octanol–water partition coefficient (Wildman–Crippen LogP) is 2.44. The molecule has 0 atom stereocenters. The molecule has 22 heavy (non-hydrogen) atoms. The molecule has 0 aliphatic heterocycles. The molecular weight excluding hydrogens is 290 g/mol. The second-order valence-electron chi connectivity index (χ2n) is 4.26. The molecule has 0 unspecified atom stereocenters. The maximum absolute atomic E-state index is 10.9. The molecule has 8 nitrogen and oxygen atoms in total. The van der Waals surface area contributed by atoms with Crippen LogP contribution < -0.4 is 5.43 Å². The summed E-state index contributed by atoms with van der Waals surface area (Å²) in [6, 6.07) is 9.50. The maximum atomic E-state index is 10.9. The van der Waals surface area contributed by atoms with Crippen molar-refractivity contribution in [3.63, 3.8) is 0 Å². The summed E-state index contributed by atoms with van der Waals surface area (Å²) < 4.78 is 0. The zero-order valence-electron chi connectivity index (χ0n) is 11.1. The molecule has 0 radical (unpaired) electrons. The summed E-state index contributed by atoms with van der Waals surface area (Å²) in [6.45, 7) is 0. The number of nitro groups is 1. The summed E-state index contributed by atoms with van der Waals surface area (Å²) in [4.78, 5) is 21.0. The number of carboxylic acids is 1. The molecule has 0 bridgehead atoms. The quantitative estimate of drug-likeness (QED) is 0.442. The van der Waals surface area contributed by atoms with Gasteiger partial charge in [0.05, 0.1) is 22.4 Å². The number of hydrogen-bond acceptors (Lipinski definition) is 6. The van der Waals surface area contributed by atoms with Gasteiger partial charge in [0.25, 0.3) is 5.69 Å². The molecule has 0 saturated heterocycles. The van der Waals surface area contributed by atoms with Crippen LogP contribution in [-0.4, -0.2) is 27.3 Å². The monoisotopic (exact) mass is 301 g/mol. The Bertz CT molecular complexity index is 758. The molecule has 0 amide bonds. The van der Waals surface area contributed by atoms with Crippen molar-refractivity contribution in [1.29, 1.82) is 0 Å². The van der Waals surface area contributed by atoms with Crippen molar-refractivity contribution in [3.8, 4) is 5.75 Å². The minimum absolute atomic E-state index is 0.00889. The molecule has 0 aromatic heterocycles. The summed E-state index contributed by atoms with van der Waals surface area (Å²) in [5.41, 5.74) is 3.09. The molecule has 3 N–H and O–H groups in total. The summed E-state index contributed by atoms with van der Waals surface area (Å²) in [5.74, 6) is -1.25. The molecule has 2 rings (SSSR count). The van der Waals surface area contributed by atoms with Gasteiger partial charge in [-0.15, -0.1) is 0 Å². The topological polar surface area (TPSA) is 125 Å². The number of carbonyl (C=O) groups is 1. The Hall–Kier alpha value is -3.42. The van der Waals surface area contributed by atoms with Gasteiger partial charge in [-0.05, 0) is 24.3 Å². The van der Waals surface area contributed by atoms with Gasteiger partial charge in [0.15, 0.2) is 0 Å². The number of phenolic OH excluding ortho intramolecular Hbond substituents is 1. The average molecular weight is 301 g/mol. The molecule has 0 aliphatic carbocycles. The van der Waals surface area contributed by atoms with Crippen molar-refractivity contribution in [2.75, 3.05) is 5.43 Å². The van der Waals surface area contributed by atoms with E-state index < -0.39 is 10.9 Å². The van der Waals surface area contributed by atoms with E-state index in [0.717, 1.165) is 0 Å². The van der Waals surface area contributed by atoms with Crippen LogP contribution in [0.4, 0.5) is 11.4 Å². The highest BCUT2D eigenvalue weighted by Crippen LogP contribution is 2.18. The SMILES string of the molecule is O=C(O)c1ccc(O)c(C=NNc2cccc([N+](=O)[O-])c2)c1. The number of hydrogen-bond donors (Lipinski definition) is 3. The first kappa shape index (κ1) is 15.0. The number of phenols is 1. The molecule has 2 aromatic carbocycles. The number of nitro benzene ring substituents is 1.